The van der Waals surface area contributed by atoms with Crippen LogP contribution in [0.5, 0.6) is 0 Å². The minimum absolute atomic E-state index is 0.103. The summed E-state index contributed by atoms with van der Waals surface area (Å²) < 4.78 is 0.861. The summed E-state index contributed by atoms with van der Waals surface area (Å²) in [6, 6.07) is 3.11. The molecule has 0 aromatic carbocycles. The molecule has 0 saturated heterocycles. The molecule has 16 heavy (non-hydrogen) atoms. The molecule has 6 heteroatoms. The van der Waals surface area contributed by atoms with Crippen molar-refractivity contribution < 1.29 is 9.90 Å². The van der Waals surface area contributed by atoms with Gasteiger partial charge in [0.05, 0.1) is 23.5 Å². The minimum Gasteiger partial charge on any atom is -0.481 e. The predicted molar refractivity (Wildman–Crippen MR) is 63.0 cm³/mol. The van der Waals surface area contributed by atoms with Crippen molar-refractivity contribution >= 4 is 32.9 Å². The van der Waals surface area contributed by atoms with Gasteiger partial charge in [-0.15, -0.1) is 0 Å². The lowest BCUT2D eigenvalue weighted by Crippen LogP contribution is -2.15. The number of nitrogens with two attached hydrogens (primary N) is 1. The molecule has 0 bridgehead atoms. The molecule has 4 N–H and O–H groups in total. The van der Waals surface area contributed by atoms with Gasteiger partial charge >= 0.3 is 5.97 Å². The number of carboxylic acids is 1. The van der Waals surface area contributed by atoms with E-state index in [1.807, 2.05) is 6.07 Å². The topological polar surface area (TPSA) is 92.0 Å². The van der Waals surface area contributed by atoms with Crippen LogP contribution in [0.2, 0.25) is 0 Å². The van der Waals surface area contributed by atoms with Crippen LogP contribution in [-0.4, -0.2) is 21.0 Å². The highest BCUT2D eigenvalue weighted by Gasteiger charge is 2.13. The molecule has 0 radical (unpaired) electrons. The largest absolute Gasteiger partial charge is 0.481 e. The molecule has 1 atom stereocenters. The van der Waals surface area contributed by atoms with E-state index >= 15 is 0 Å². The Bertz CT molecular complexity index is 538. The maximum atomic E-state index is 10.5. The predicted octanol–water partition coefficient (Wildman–Crippen LogP) is 1.80. The van der Waals surface area contributed by atoms with E-state index in [9.17, 15) is 4.79 Å². The van der Waals surface area contributed by atoms with E-state index < -0.39 is 12.0 Å². The van der Waals surface area contributed by atoms with E-state index in [1.165, 1.54) is 0 Å². The van der Waals surface area contributed by atoms with Crippen molar-refractivity contribution in [3.05, 3.63) is 28.5 Å². The molecule has 0 aliphatic rings. The van der Waals surface area contributed by atoms with Crippen LogP contribution < -0.4 is 5.73 Å². The molecule has 2 aromatic heterocycles. The van der Waals surface area contributed by atoms with E-state index in [2.05, 4.69) is 25.9 Å². The van der Waals surface area contributed by atoms with Crippen molar-refractivity contribution in [2.45, 2.75) is 12.5 Å². The fourth-order valence-electron chi connectivity index (χ4n) is 1.50. The van der Waals surface area contributed by atoms with Gasteiger partial charge in [0, 0.05) is 16.4 Å². The molecule has 0 aliphatic heterocycles. The summed E-state index contributed by atoms with van der Waals surface area (Å²) in [6.07, 6.45) is 1.58. The highest BCUT2D eigenvalue weighted by atomic mass is 79.9. The molecule has 0 amide bonds. The Balaban J connectivity index is 2.35. The minimum atomic E-state index is -0.916. The van der Waals surface area contributed by atoms with E-state index in [-0.39, 0.29) is 6.42 Å². The van der Waals surface area contributed by atoms with Gasteiger partial charge in [0.2, 0.25) is 0 Å². The van der Waals surface area contributed by atoms with Crippen LogP contribution in [0.3, 0.4) is 0 Å². The second kappa shape index (κ2) is 4.23. The molecule has 2 aromatic rings. The molecule has 5 nitrogen and oxygen atoms in total. The Morgan fingerprint density at radius 2 is 2.38 bits per heavy atom. The van der Waals surface area contributed by atoms with Crippen LogP contribution in [0.15, 0.2) is 22.8 Å². The summed E-state index contributed by atoms with van der Waals surface area (Å²) in [4.78, 5) is 17.8. The monoisotopic (exact) mass is 283 g/mol. The van der Waals surface area contributed by atoms with Gasteiger partial charge in [0.25, 0.3) is 0 Å². The Morgan fingerprint density at radius 3 is 3.06 bits per heavy atom. The first-order chi connectivity index (χ1) is 7.56. The van der Waals surface area contributed by atoms with Gasteiger partial charge in [0.1, 0.15) is 0 Å². The zero-order valence-corrected chi connectivity index (χ0v) is 9.86. The van der Waals surface area contributed by atoms with E-state index in [1.54, 1.807) is 12.3 Å². The maximum Gasteiger partial charge on any atom is 0.305 e. The standard InChI is InChI=1S/C10H10BrN3O2/c11-5-1-9-8(13-4-5)3-7(14-9)6(12)2-10(15)16/h1,3-4,6,14H,2,12H2,(H,15,16). The molecular formula is C10H10BrN3O2. The fraction of sp³-hybridized carbons (Fsp3) is 0.200. The van der Waals surface area contributed by atoms with E-state index in [0.29, 0.717) is 5.69 Å². The smallest absolute Gasteiger partial charge is 0.305 e. The van der Waals surface area contributed by atoms with Crippen molar-refractivity contribution in [1.29, 1.82) is 0 Å². The number of halogens is 1. The van der Waals surface area contributed by atoms with Crippen LogP contribution in [0.1, 0.15) is 18.2 Å². The third-order valence-electron chi connectivity index (χ3n) is 2.25. The number of nitrogens with zero attached hydrogens (tertiary/aromatic N) is 1. The van der Waals surface area contributed by atoms with Crippen molar-refractivity contribution in [3.63, 3.8) is 0 Å². The van der Waals surface area contributed by atoms with Gasteiger partial charge in [-0.1, -0.05) is 0 Å². The summed E-state index contributed by atoms with van der Waals surface area (Å²) in [6.45, 7) is 0. The molecule has 2 heterocycles. The van der Waals surface area contributed by atoms with Crippen molar-refractivity contribution in [1.82, 2.24) is 9.97 Å². The number of carbonyl (C=O) groups is 1. The van der Waals surface area contributed by atoms with Gasteiger partial charge < -0.3 is 15.8 Å². The maximum absolute atomic E-state index is 10.5. The van der Waals surface area contributed by atoms with Crippen LogP contribution in [0.4, 0.5) is 0 Å². The van der Waals surface area contributed by atoms with Crippen LogP contribution in [-0.2, 0) is 4.79 Å². The first-order valence-electron chi connectivity index (χ1n) is 4.68. The number of hydrogen-bond acceptors (Lipinski definition) is 3. The molecule has 0 aliphatic carbocycles. The molecule has 1 unspecified atom stereocenters. The molecule has 2 rings (SSSR count). The van der Waals surface area contributed by atoms with Gasteiger partial charge in [-0.05, 0) is 28.1 Å². The highest BCUT2D eigenvalue weighted by molar-refractivity contribution is 9.10. The highest BCUT2D eigenvalue weighted by Crippen LogP contribution is 2.21. The number of carboxylic acid groups (broad SMARTS) is 1. The Labute approximate surface area is 99.8 Å². The number of hydrogen-bond donors (Lipinski definition) is 3. The van der Waals surface area contributed by atoms with Gasteiger partial charge in [-0.2, -0.15) is 0 Å². The van der Waals surface area contributed by atoms with Crippen molar-refractivity contribution in [2.75, 3.05) is 0 Å². The second-order valence-electron chi connectivity index (χ2n) is 3.52. The van der Waals surface area contributed by atoms with Gasteiger partial charge in [-0.25, -0.2) is 0 Å². The average molecular weight is 284 g/mol. The number of H-pyrrole nitrogens is 1. The van der Waals surface area contributed by atoms with Crippen molar-refractivity contribution in [2.24, 2.45) is 5.73 Å². The van der Waals surface area contributed by atoms with E-state index in [0.717, 1.165) is 15.5 Å². The summed E-state index contributed by atoms with van der Waals surface area (Å²) in [5, 5.41) is 8.65. The number of aromatic nitrogens is 2. The summed E-state index contributed by atoms with van der Waals surface area (Å²) in [5.74, 6) is -0.916. The lowest BCUT2D eigenvalue weighted by atomic mass is 10.1. The Morgan fingerprint density at radius 1 is 1.62 bits per heavy atom. The Kier molecular flexibility index (Phi) is 2.93. The second-order valence-corrected chi connectivity index (χ2v) is 4.43. The number of fused-ring (bicyclic) bond motifs is 1. The lowest BCUT2D eigenvalue weighted by Gasteiger charge is -2.04. The lowest BCUT2D eigenvalue weighted by molar-refractivity contribution is -0.137. The Hall–Kier alpha value is -1.40. The third kappa shape index (κ3) is 2.23. The van der Waals surface area contributed by atoms with Gasteiger partial charge in [-0.3, -0.25) is 9.78 Å². The summed E-state index contributed by atoms with van der Waals surface area (Å²) in [7, 11) is 0. The summed E-state index contributed by atoms with van der Waals surface area (Å²) >= 11 is 3.31. The normalized spacial score (nSPS) is 12.9. The van der Waals surface area contributed by atoms with Gasteiger partial charge in [0.15, 0.2) is 0 Å². The quantitative estimate of drug-likeness (QED) is 0.801. The number of aromatic amines is 1. The van der Waals surface area contributed by atoms with E-state index in [4.69, 9.17) is 10.8 Å². The third-order valence-corrected chi connectivity index (χ3v) is 2.68. The number of aliphatic carboxylic acids is 1. The molecular weight excluding hydrogens is 274 g/mol. The number of pyridine rings is 1. The van der Waals surface area contributed by atoms with Crippen LogP contribution in [0.25, 0.3) is 11.0 Å². The van der Waals surface area contributed by atoms with Crippen LogP contribution >= 0.6 is 15.9 Å². The van der Waals surface area contributed by atoms with Crippen LogP contribution in [0, 0.1) is 0 Å². The van der Waals surface area contributed by atoms with Crippen molar-refractivity contribution in [3.8, 4) is 0 Å². The zero-order valence-electron chi connectivity index (χ0n) is 8.27. The molecule has 0 saturated carbocycles. The fourth-order valence-corrected chi connectivity index (χ4v) is 1.83. The molecule has 0 spiro atoms. The zero-order chi connectivity index (χ0) is 11.7. The molecule has 0 fully saturated rings. The first-order valence-corrected chi connectivity index (χ1v) is 5.47. The number of rotatable bonds is 3. The average Bonchev–Trinajstić information content (AvgIpc) is 2.59. The molecule has 84 valence electrons. The summed E-state index contributed by atoms with van der Waals surface area (Å²) in [5.41, 5.74) is 8.04. The SMILES string of the molecule is NC(CC(=O)O)c1cc2ncc(Br)cc2[nH]1. The number of nitrogens with one attached hydrogen (secondary N) is 1. The first kappa shape index (κ1) is 11.1.